The number of carbonyl (C=O) groups excluding carboxylic acids is 1. The van der Waals surface area contributed by atoms with Crippen LogP contribution in [0.1, 0.15) is 34.1 Å². The van der Waals surface area contributed by atoms with Gasteiger partial charge in [0, 0.05) is 6.42 Å². The van der Waals surface area contributed by atoms with Crippen molar-refractivity contribution in [2.24, 2.45) is 0 Å². The van der Waals surface area contributed by atoms with Crippen LogP contribution in [-0.4, -0.2) is 28.8 Å². The zero-order chi connectivity index (χ0) is 11.6. The molecule has 80 valence electrons. The molecule has 0 N–H and O–H groups in total. The molecule has 0 aromatic rings. The Bertz CT molecular complexity index is 383. The van der Waals surface area contributed by atoms with Crippen molar-refractivity contribution in [2.75, 3.05) is 0 Å². The van der Waals surface area contributed by atoms with E-state index in [2.05, 4.69) is 4.79 Å². The third-order valence-electron chi connectivity index (χ3n) is 1.71. The fourth-order valence-corrected chi connectivity index (χ4v) is 1.83. The maximum absolute atomic E-state index is 11.7. The standard InChI is InChI=1S/C8H14N2O3S/c1-5-6(11)7(10-9)14(12,13)8(2,3)4/h5H2,1-4H3. The SMILES string of the molecule is CCC(=O)C(=[N+]=[N-])S(=O)(=O)C(C)(C)C. The summed E-state index contributed by atoms with van der Waals surface area (Å²) < 4.78 is 22.2. The van der Waals surface area contributed by atoms with E-state index in [4.69, 9.17) is 5.53 Å². The molecule has 0 saturated carbocycles. The minimum Gasteiger partial charge on any atom is -0.360 e. The van der Waals surface area contributed by atoms with Crippen molar-refractivity contribution in [3.63, 3.8) is 0 Å². The molecular formula is C8H14N2O3S. The van der Waals surface area contributed by atoms with Crippen LogP contribution in [0.3, 0.4) is 0 Å². The first-order valence-corrected chi connectivity index (χ1v) is 5.66. The van der Waals surface area contributed by atoms with Gasteiger partial charge in [-0.05, 0) is 20.8 Å². The smallest absolute Gasteiger partial charge is 0.360 e. The highest BCUT2D eigenvalue weighted by Crippen LogP contribution is 2.17. The first-order valence-electron chi connectivity index (χ1n) is 4.18. The van der Waals surface area contributed by atoms with Gasteiger partial charge in [-0.15, -0.1) is 4.79 Å². The van der Waals surface area contributed by atoms with Crippen molar-refractivity contribution in [1.29, 1.82) is 0 Å². The van der Waals surface area contributed by atoms with E-state index in [0.29, 0.717) is 0 Å². The second-order valence-electron chi connectivity index (χ2n) is 3.80. The Labute approximate surface area is 83.7 Å². The van der Waals surface area contributed by atoms with Gasteiger partial charge in [-0.2, -0.15) is 0 Å². The molecule has 6 heteroatoms. The van der Waals surface area contributed by atoms with E-state index in [1.165, 1.54) is 27.7 Å². The van der Waals surface area contributed by atoms with Crippen molar-refractivity contribution in [3.8, 4) is 0 Å². The van der Waals surface area contributed by atoms with Gasteiger partial charge in [0.2, 0.25) is 0 Å². The monoisotopic (exact) mass is 218 g/mol. The molecule has 0 saturated heterocycles. The number of hydrogen-bond donors (Lipinski definition) is 0. The highest BCUT2D eigenvalue weighted by Gasteiger charge is 2.43. The average Bonchev–Trinajstić information content (AvgIpc) is 2.02. The maximum Gasteiger partial charge on any atom is 0.447 e. The highest BCUT2D eigenvalue weighted by atomic mass is 32.2. The van der Waals surface area contributed by atoms with E-state index >= 15 is 0 Å². The normalized spacial score (nSPS) is 12.0. The number of ketones is 1. The van der Waals surface area contributed by atoms with E-state index in [1.807, 2.05) is 0 Å². The van der Waals surface area contributed by atoms with Gasteiger partial charge in [0.05, 0.1) is 4.75 Å². The molecule has 0 amide bonds. The van der Waals surface area contributed by atoms with Gasteiger partial charge < -0.3 is 5.53 Å². The number of Topliss-reactive ketones (excluding diaryl/α,β-unsaturated/α-hetero) is 1. The molecule has 0 spiro atoms. The fraction of sp³-hybridized carbons (Fsp3) is 0.750. The first kappa shape index (κ1) is 13.0. The summed E-state index contributed by atoms with van der Waals surface area (Å²) in [5.74, 6) is -0.678. The minimum absolute atomic E-state index is 0.00525. The van der Waals surface area contributed by atoms with Crippen LogP contribution in [0, 0.1) is 0 Å². The first-order chi connectivity index (χ1) is 6.18. The van der Waals surface area contributed by atoms with E-state index < -0.39 is 25.4 Å². The number of rotatable bonds is 2. The van der Waals surface area contributed by atoms with E-state index in [-0.39, 0.29) is 6.42 Å². The van der Waals surface area contributed by atoms with Gasteiger partial charge in [-0.1, -0.05) is 6.92 Å². The Hall–Kier alpha value is -1.00. The van der Waals surface area contributed by atoms with Crippen LogP contribution in [0.15, 0.2) is 0 Å². The summed E-state index contributed by atoms with van der Waals surface area (Å²) in [6, 6.07) is 0. The molecule has 0 aromatic heterocycles. The fourth-order valence-electron chi connectivity index (χ4n) is 0.701. The predicted molar refractivity (Wildman–Crippen MR) is 52.6 cm³/mol. The van der Waals surface area contributed by atoms with Crippen LogP contribution < -0.4 is 0 Å². The molecule has 0 unspecified atom stereocenters. The minimum atomic E-state index is -3.85. The van der Waals surface area contributed by atoms with Crippen molar-refractivity contribution in [1.82, 2.24) is 0 Å². The Morgan fingerprint density at radius 1 is 1.36 bits per heavy atom. The summed E-state index contributed by atoms with van der Waals surface area (Å²) in [4.78, 5) is 13.7. The van der Waals surface area contributed by atoms with Crippen molar-refractivity contribution < 1.29 is 18.0 Å². The number of nitrogens with zero attached hydrogens (tertiary/aromatic N) is 2. The molecule has 14 heavy (non-hydrogen) atoms. The van der Waals surface area contributed by atoms with Crippen LogP contribution in [0.4, 0.5) is 0 Å². The Balaban J connectivity index is 5.54. The molecule has 0 heterocycles. The molecule has 0 radical (unpaired) electrons. The molecule has 0 aromatic carbocycles. The summed E-state index contributed by atoms with van der Waals surface area (Å²) in [5, 5.41) is -0.757. The predicted octanol–water partition coefficient (Wildman–Crippen LogP) is 0.807. The van der Waals surface area contributed by atoms with Crippen LogP contribution >= 0.6 is 0 Å². The molecule has 0 fully saturated rings. The zero-order valence-electron chi connectivity index (χ0n) is 8.73. The van der Waals surface area contributed by atoms with Gasteiger partial charge in [0.25, 0.3) is 15.6 Å². The van der Waals surface area contributed by atoms with E-state index in [1.54, 1.807) is 0 Å². The molecule has 0 atom stereocenters. The summed E-state index contributed by atoms with van der Waals surface area (Å²) in [5.41, 5.74) is 8.51. The maximum atomic E-state index is 11.7. The molecule has 0 aliphatic carbocycles. The third kappa shape index (κ3) is 2.27. The largest absolute Gasteiger partial charge is 0.447 e. The van der Waals surface area contributed by atoms with Gasteiger partial charge >= 0.3 is 5.04 Å². The number of sulfone groups is 1. The van der Waals surface area contributed by atoms with E-state index in [0.717, 1.165) is 0 Å². The summed E-state index contributed by atoms with van der Waals surface area (Å²) in [6.45, 7) is 5.83. The quantitative estimate of drug-likeness (QED) is 0.297. The second-order valence-corrected chi connectivity index (χ2v) is 6.42. The summed E-state index contributed by atoms with van der Waals surface area (Å²) in [6.07, 6.45) is -0.00525. The number of carbonyl (C=O) groups is 1. The van der Waals surface area contributed by atoms with Crippen molar-refractivity contribution in [2.45, 2.75) is 38.9 Å². The van der Waals surface area contributed by atoms with Crippen LogP contribution in [0.25, 0.3) is 5.53 Å². The van der Waals surface area contributed by atoms with Gasteiger partial charge in [0.1, 0.15) is 0 Å². The van der Waals surface area contributed by atoms with Crippen molar-refractivity contribution >= 4 is 20.7 Å². The summed E-state index contributed by atoms with van der Waals surface area (Å²) in [7, 11) is -3.85. The Kier molecular flexibility index (Phi) is 3.73. The molecule has 0 aliphatic heterocycles. The lowest BCUT2D eigenvalue weighted by Gasteiger charge is -2.14. The summed E-state index contributed by atoms with van der Waals surface area (Å²) >= 11 is 0. The highest BCUT2D eigenvalue weighted by molar-refractivity contribution is 8.09. The molecule has 5 nitrogen and oxygen atoms in total. The van der Waals surface area contributed by atoms with E-state index in [9.17, 15) is 13.2 Å². The van der Waals surface area contributed by atoms with Crippen LogP contribution in [-0.2, 0) is 14.6 Å². The lowest BCUT2D eigenvalue weighted by atomic mass is 10.3. The van der Waals surface area contributed by atoms with Gasteiger partial charge in [0.15, 0.2) is 0 Å². The zero-order valence-corrected chi connectivity index (χ0v) is 9.55. The van der Waals surface area contributed by atoms with Crippen molar-refractivity contribution in [3.05, 3.63) is 5.53 Å². The topological polar surface area (TPSA) is 87.6 Å². The Morgan fingerprint density at radius 3 is 2.00 bits per heavy atom. The molecular weight excluding hydrogens is 204 g/mol. The third-order valence-corrected chi connectivity index (χ3v) is 4.14. The van der Waals surface area contributed by atoms with Gasteiger partial charge in [-0.25, -0.2) is 8.42 Å². The molecule has 0 bridgehead atoms. The Morgan fingerprint density at radius 2 is 1.79 bits per heavy atom. The average molecular weight is 218 g/mol. The lowest BCUT2D eigenvalue weighted by molar-refractivity contribution is -0.116. The number of hydrogen-bond acceptors (Lipinski definition) is 3. The van der Waals surface area contributed by atoms with Crippen LogP contribution in [0.5, 0.6) is 0 Å². The lowest BCUT2D eigenvalue weighted by Crippen LogP contribution is -2.38. The molecule has 0 rings (SSSR count). The van der Waals surface area contributed by atoms with Crippen LogP contribution in [0.2, 0.25) is 0 Å². The second kappa shape index (κ2) is 4.02. The van der Waals surface area contributed by atoms with Gasteiger partial charge in [-0.3, -0.25) is 4.79 Å². The molecule has 0 aliphatic rings.